The number of carbonyl (C=O) groups excluding carboxylic acids is 1. The number of aromatic nitrogens is 4. The van der Waals surface area contributed by atoms with Crippen molar-refractivity contribution in [3.63, 3.8) is 0 Å². The standard InChI is InChI=1S/C21H15N5OS2/c1-12-10-13(20-24-15-4-2-8-22-21(15)29-20)6-7-14(12)23-19(27)17-11-16(25-26-17)18-5-3-9-28-18/h2-11H,1H3,(H,23,27)(H,25,26). The van der Waals surface area contributed by atoms with E-state index in [4.69, 9.17) is 0 Å². The number of aromatic amines is 1. The fraction of sp³-hybridized carbons (Fsp3) is 0.0476. The number of H-pyrrole nitrogens is 1. The third-order valence-electron chi connectivity index (χ3n) is 4.49. The number of rotatable bonds is 4. The van der Waals surface area contributed by atoms with E-state index in [0.29, 0.717) is 5.69 Å². The van der Waals surface area contributed by atoms with Crippen LogP contribution in [0.2, 0.25) is 0 Å². The number of hydrogen-bond donors (Lipinski definition) is 2. The number of nitrogens with zero attached hydrogens (tertiary/aromatic N) is 3. The average molecular weight is 418 g/mol. The minimum atomic E-state index is -0.246. The molecule has 0 atom stereocenters. The largest absolute Gasteiger partial charge is 0.320 e. The molecule has 6 nitrogen and oxygen atoms in total. The lowest BCUT2D eigenvalue weighted by molar-refractivity contribution is 0.102. The lowest BCUT2D eigenvalue weighted by atomic mass is 10.1. The van der Waals surface area contributed by atoms with Crippen molar-refractivity contribution in [1.82, 2.24) is 20.2 Å². The summed E-state index contributed by atoms with van der Waals surface area (Å²) in [7, 11) is 0. The molecule has 0 saturated carbocycles. The first-order valence-corrected chi connectivity index (χ1v) is 10.6. The summed E-state index contributed by atoms with van der Waals surface area (Å²) in [4.78, 5) is 23.6. The van der Waals surface area contributed by atoms with Crippen LogP contribution in [-0.2, 0) is 0 Å². The normalized spacial score (nSPS) is 11.1. The van der Waals surface area contributed by atoms with Crippen LogP contribution < -0.4 is 5.32 Å². The molecule has 142 valence electrons. The molecular formula is C21H15N5OS2. The van der Waals surface area contributed by atoms with Gasteiger partial charge in [-0.15, -0.1) is 11.3 Å². The van der Waals surface area contributed by atoms with Gasteiger partial charge in [-0.2, -0.15) is 5.10 Å². The summed E-state index contributed by atoms with van der Waals surface area (Å²) >= 11 is 3.15. The Bertz CT molecular complexity index is 1290. The Kier molecular flexibility index (Phi) is 4.42. The van der Waals surface area contributed by atoms with Gasteiger partial charge in [0, 0.05) is 17.4 Å². The summed E-state index contributed by atoms with van der Waals surface area (Å²) in [5.41, 5.74) is 4.79. The van der Waals surface area contributed by atoms with E-state index in [1.807, 2.05) is 54.8 Å². The quantitative estimate of drug-likeness (QED) is 0.412. The lowest BCUT2D eigenvalue weighted by Gasteiger charge is -2.08. The van der Waals surface area contributed by atoms with Crippen LogP contribution in [0, 0.1) is 6.92 Å². The monoisotopic (exact) mass is 417 g/mol. The highest BCUT2D eigenvalue weighted by atomic mass is 32.1. The number of pyridine rings is 1. The van der Waals surface area contributed by atoms with E-state index in [2.05, 4.69) is 25.5 Å². The van der Waals surface area contributed by atoms with Gasteiger partial charge in [-0.05, 0) is 60.3 Å². The molecule has 8 heteroatoms. The van der Waals surface area contributed by atoms with Crippen molar-refractivity contribution in [3.8, 4) is 21.1 Å². The molecule has 29 heavy (non-hydrogen) atoms. The highest BCUT2D eigenvalue weighted by molar-refractivity contribution is 7.21. The predicted octanol–water partition coefficient (Wildman–Crippen LogP) is 5.37. The van der Waals surface area contributed by atoms with Crippen molar-refractivity contribution in [2.45, 2.75) is 6.92 Å². The Labute approximate surface area is 174 Å². The van der Waals surface area contributed by atoms with Gasteiger partial charge in [-0.25, -0.2) is 9.97 Å². The van der Waals surface area contributed by atoms with Crippen LogP contribution >= 0.6 is 22.7 Å². The van der Waals surface area contributed by atoms with Crippen LogP contribution in [0.1, 0.15) is 16.1 Å². The van der Waals surface area contributed by atoms with Gasteiger partial charge in [-0.1, -0.05) is 17.4 Å². The molecule has 5 aromatic rings. The van der Waals surface area contributed by atoms with Gasteiger partial charge in [0.15, 0.2) is 5.69 Å². The van der Waals surface area contributed by atoms with Crippen LogP contribution in [0.15, 0.2) is 60.1 Å². The molecule has 0 aliphatic heterocycles. The molecule has 0 unspecified atom stereocenters. The molecule has 4 heterocycles. The number of nitrogens with one attached hydrogen (secondary N) is 2. The molecule has 0 saturated heterocycles. The summed E-state index contributed by atoms with van der Waals surface area (Å²) < 4.78 is 0. The zero-order valence-corrected chi connectivity index (χ0v) is 17.0. The second-order valence-corrected chi connectivity index (χ2v) is 8.40. The van der Waals surface area contributed by atoms with Gasteiger partial charge in [0.05, 0.1) is 10.6 Å². The molecule has 1 aromatic carbocycles. The zero-order valence-electron chi connectivity index (χ0n) is 15.3. The molecular weight excluding hydrogens is 402 g/mol. The van der Waals surface area contributed by atoms with Crippen LogP contribution in [-0.4, -0.2) is 26.1 Å². The maximum atomic E-state index is 12.6. The van der Waals surface area contributed by atoms with Crippen molar-refractivity contribution in [1.29, 1.82) is 0 Å². The summed E-state index contributed by atoms with van der Waals surface area (Å²) in [5, 5.41) is 12.9. The van der Waals surface area contributed by atoms with Gasteiger partial charge in [0.2, 0.25) is 0 Å². The number of amides is 1. The summed E-state index contributed by atoms with van der Waals surface area (Å²) in [6.45, 7) is 1.96. The maximum absolute atomic E-state index is 12.6. The Morgan fingerprint density at radius 2 is 2.07 bits per heavy atom. The zero-order chi connectivity index (χ0) is 19.8. The summed E-state index contributed by atoms with van der Waals surface area (Å²) in [5.74, 6) is -0.246. The van der Waals surface area contributed by atoms with Gasteiger partial charge in [0.1, 0.15) is 15.4 Å². The van der Waals surface area contributed by atoms with E-state index >= 15 is 0 Å². The topological polar surface area (TPSA) is 83.6 Å². The number of hydrogen-bond acceptors (Lipinski definition) is 6. The number of anilines is 1. The molecule has 0 spiro atoms. The fourth-order valence-corrected chi connectivity index (χ4v) is 4.61. The predicted molar refractivity (Wildman–Crippen MR) is 117 cm³/mol. The van der Waals surface area contributed by atoms with E-state index in [0.717, 1.165) is 42.7 Å². The molecule has 0 fully saturated rings. The first-order chi connectivity index (χ1) is 14.2. The van der Waals surface area contributed by atoms with E-state index in [-0.39, 0.29) is 5.91 Å². The maximum Gasteiger partial charge on any atom is 0.276 e. The van der Waals surface area contributed by atoms with E-state index in [9.17, 15) is 4.79 Å². The molecule has 0 aliphatic carbocycles. The smallest absolute Gasteiger partial charge is 0.276 e. The highest BCUT2D eigenvalue weighted by Gasteiger charge is 2.14. The number of thiophene rings is 1. The third-order valence-corrected chi connectivity index (χ3v) is 6.42. The van der Waals surface area contributed by atoms with Gasteiger partial charge >= 0.3 is 0 Å². The van der Waals surface area contributed by atoms with Crippen LogP contribution in [0.4, 0.5) is 5.69 Å². The second-order valence-electron chi connectivity index (χ2n) is 6.47. The number of aryl methyl sites for hydroxylation is 1. The Morgan fingerprint density at radius 3 is 2.86 bits per heavy atom. The molecule has 4 aromatic heterocycles. The van der Waals surface area contributed by atoms with E-state index in [1.165, 1.54) is 0 Å². The minimum Gasteiger partial charge on any atom is -0.320 e. The minimum absolute atomic E-state index is 0.246. The molecule has 0 aliphatic rings. The fourth-order valence-electron chi connectivity index (χ4n) is 3.01. The average Bonchev–Trinajstić information content (AvgIpc) is 3.48. The Balaban J connectivity index is 1.37. The first-order valence-electron chi connectivity index (χ1n) is 8.90. The second kappa shape index (κ2) is 7.23. The van der Waals surface area contributed by atoms with Crippen molar-refractivity contribution >= 4 is 44.6 Å². The van der Waals surface area contributed by atoms with Gasteiger partial charge < -0.3 is 5.32 Å². The van der Waals surface area contributed by atoms with E-state index in [1.54, 1.807) is 34.9 Å². The van der Waals surface area contributed by atoms with Crippen LogP contribution in [0.5, 0.6) is 0 Å². The number of fused-ring (bicyclic) bond motifs is 1. The molecule has 0 radical (unpaired) electrons. The Hall–Kier alpha value is -3.36. The molecule has 2 N–H and O–H groups in total. The summed E-state index contributed by atoms with van der Waals surface area (Å²) in [6, 6.07) is 15.4. The molecule has 5 rings (SSSR count). The van der Waals surface area contributed by atoms with Crippen LogP contribution in [0.3, 0.4) is 0 Å². The number of thiazole rings is 1. The van der Waals surface area contributed by atoms with Gasteiger partial charge in [-0.3, -0.25) is 9.89 Å². The summed E-state index contributed by atoms with van der Waals surface area (Å²) in [6.07, 6.45) is 1.77. The first kappa shape index (κ1) is 17.7. The van der Waals surface area contributed by atoms with Crippen molar-refractivity contribution in [3.05, 3.63) is 71.4 Å². The van der Waals surface area contributed by atoms with Crippen molar-refractivity contribution in [2.75, 3.05) is 5.32 Å². The van der Waals surface area contributed by atoms with Gasteiger partial charge in [0.25, 0.3) is 5.91 Å². The lowest BCUT2D eigenvalue weighted by Crippen LogP contribution is -2.13. The van der Waals surface area contributed by atoms with Crippen molar-refractivity contribution in [2.24, 2.45) is 0 Å². The Morgan fingerprint density at radius 1 is 1.14 bits per heavy atom. The highest BCUT2D eigenvalue weighted by Crippen LogP contribution is 2.31. The SMILES string of the molecule is Cc1cc(-c2nc3cccnc3s2)ccc1NC(=O)c1cc(-c2cccs2)[nH]n1. The van der Waals surface area contributed by atoms with Crippen LogP contribution in [0.25, 0.3) is 31.5 Å². The van der Waals surface area contributed by atoms with Crippen molar-refractivity contribution < 1.29 is 4.79 Å². The number of benzene rings is 1. The molecule has 0 bridgehead atoms. The third kappa shape index (κ3) is 3.43. The molecule has 1 amide bonds. The van der Waals surface area contributed by atoms with E-state index < -0.39 is 0 Å². The number of carbonyl (C=O) groups is 1.